The van der Waals surface area contributed by atoms with Crippen LogP contribution in [0.25, 0.3) is 0 Å². The molecule has 0 saturated carbocycles. The van der Waals surface area contributed by atoms with Gasteiger partial charge in [-0.15, -0.1) is 0 Å². The van der Waals surface area contributed by atoms with Crippen molar-refractivity contribution in [2.24, 2.45) is 17.6 Å². The van der Waals surface area contributed by atoms with E-state index in [0.29, 0.717) is 5.92 Å². The average molecular weight is 217 g/mol. The van der Waals surface area contributed by atoms with Crippen LogP contribution in [-0.4, -0.2) is 17.0 Å². The Morgan fingerprint density at radius 1 is 1.20 bits per heavy atom. The summed E-state index contributed by atoms with van der Waals surface area (Å²) in [7, 11) is 0. The predicted molar refractivity (Wildman–Crippen MR) is 60.4 cm³/mol. The summed E-state index contributed by atoms with van der Waals surface area (Å²) in [4.78, 5) is 21.0. The molecule has 0 aliphatic heterocycles. The summed E-state index contributed by atoms with van der Waals surface area (Å²) >= 11 is 0. The standard InChI is InChI=1S/C9H17NO3.C2H6/c1-6(2)3-7(4-8(10)11)5-9(12)13;1-2/h6-7H,3-5H2,1-2H3,(H2,10,11)(H,12,13);1-2H3/t7-;/m1./s1. The van der Waals surface area contributed by atoms with E-state index in [1.807, 2.05) is 27.7 Å². The summed E-state index contributed by atoms with van der Waals surface area (Å²) in [5.74, 6) is -1.02. The molecule has 0 rings (SSSR count). The van der Waals surface area contributed by atoms with Gasteiger partial charge in [0, 0.05) is 12.8 Å². The molecule has 0 fully saturated rings. The maximum Gasteiger partial charge on any atom is 0.303 e. The van der Waals surface area contributed by atoms with Crippen LogP contribution in [-0.2, 0) is 9.59 Å². The fourth-order valence-electron chi connectivity index (χ4n) is 1.44. The van der Waals surface area contributed by atoms with Crippen molar-refractivity contribution in [3.05, 3.63) is 0 Å². The molecule has 90 valence electrons. The molecule has 1 atom stereocenters. The molecule has 0 bridgehead atoms. The Hall–Kier alpha value is -1.06. The molecular formula is C11H23NO3. The van der Waals surface area contributed by atoms with E-state index in [-0.39, 0.29) is 18.8 Å². The van der Waals surface area contributed by atoms with Gasteiger partial charge in [0.25, 0.3) is 0 Å². The van der Waals surface area contributed by atoms with Crippen LogP contribution in [0.5, 0.6) is 0 Å². The molecule has 0 heterocycles. The fourth-order valence-corrected chi connectivity index (χ4v) is 1.44. The lowest BCUT2D eigenvalue weighted by Crippen LogP contribution is -2.19. The Kier molecular flexibility index (Phi) is 10.4. The highest BCUT2D eigenvalue weighted by Gasteiger charge is 2.16. The third kappa shape index (κ3) is 12.9. The first-order chi connectivity index (χ1) is 6.91. The van der Waals surface area contributed by atoms with Gasteiger partial charge in [0.1, 0.15) is 0 Å². The zero-order chi connectivity index (χ0) is 12.4. The quantitative estimate of drug-likeness (QED) is 0.714. The van der Waals surface area contributed by atoms with Crippen molar-refractivity contribution in [2.75, 3.05) is 0 Å². The number of primary amides is 1. The molecule has 1 amide bonds. The second-order valence-corrected chi connectivity index (χ2v) is 3.76. The van der Waals surface area contributed by atoms with Gasteiger partial charge in [0.05, 0.1) is 0 Å². The van der Waals surface area contributed by atoms with Crippen LogP contribution in [0.4, 0.5) is 0 Å². The maximum atomic E-state index is 10.6. The van der Waals surface area contributed by atoms with Crippen molar-refractivity contribution in [3.8, 4) is 0 Å². The van der Waals surface area contributed by atoms with Crippen molar-refractivity contribution in [3.63, 3.8) is 0 Å². The third-order valence-electron chi connectivity index (χ3n) is 1.76. The molecule has 0 aliphatic carbocycles. The number of hydrogen-bond donors (Lipinski definition) is 2. The number of carbonyl (C=O) groups excluding carboxylic acids is 1. The summed E-state index contributed by atoms with van der Waals surface area (Å²) in [6.07, 6.45) is 0.931. The maximum absolute atomic E-state index is 10.6. The Labute approximate surface area is 91.9 Å². The summed E-state index contributed by atoms with van der Waals surface area (Å²) in [5, 5.41) is 8.56. The summed E-state index contributed by atoms with van der Waals surface area (Å²) in [6, 6.07) is 0. The number of nitrogens with two attached hydrogens (primary N) is 1. The van der Waals surface area contributed by atoms with E-state index in [0.717, 1.165) is 6.42 Å². The molecule has 0 saturated heterocycles. The molecule has 15 heavy (non-hydrogen) atoms. The lowest BCUT2D eigenvalue weighted by molar-refractivity contribution is -0.138. The molecule has 0 radical (unpaired) electrons. The largest absolute Gasteiger partial charge is 0.481 e. The molecule has 3 N–H and O–H groups in total. The van der Waals surface area contributed by atoms with E-state index in [2.05, 4.69) is 0 Å². The zero-order valence-corrected chi connectivity index (χ0v) is 10.1. The Balaban J connectivity index is 0. The van der Waals surface area contributed by atoms with Crippen molar-refractivity contribution < 1.29 is 14.7 Å². The Morgan fingerprint density at radius 2 is 1.67 bits per heavy atom. The lowest BCUT2D eigenvalue weighted by atomic mass is 9.91. The van der Waals surface area contributed by atoms with Crippen LogP contribution in [0.3, 0.4) is 0 Å². The van der Waals surface area contributed by atoms with Gasteiger partial charge in [0.2, 0.25) is 5.91 Å². The number of aliphatic carboxylic acids is 1. The molecule has 0 unspecified atom stereocenters. The highest BCUT2D eigenvalue weighted by atomic mass is 16.4. The minimum Gasteiger partial charge on any atom is -0.481 e. The van der Waals surface area contributed by atoms with Crippen LogP contribution in [0.2, 0.25) is 0 Å². The Morgan fingerprint density at radius 3 is 1.93 bits per heavy atom. The van der Waals surface area contributed by atoms with E-state index in [4.69, 9.17) is 10.8 Å². The number of hydrogen-bond acceptors (Lipinski definition) is 2. The SMILES string of the molecule is CC.CC(C)C[C@H](CC(N)=O)CC(=O)O. The van der Waals surface area contributed by atoms with Crippen molar-refractivity contribution in [1.82, 2.24) is 0 Å². The summed E-state index contributed by atoms with van der Waals surface area (Å²) in [6.45, 7) is 7.99. The smallest absolute Gasteiger partial charge is 0.303 e. The highest BCUT2D eigenvalue weighted by Crippen LogP contribution is 2.18. The molecule has 0 spiro atoms. The van der Waals surface area contributed by atoms with Crippen LogP contribution in [0.1, 0.15) is 47.0 Å². The van der Waals surface area contributed by atoms with Gasteiger partial charge >= 0.3 is 5.97 Å². The number of carboxylic acid groups (broad SMARTS) is 1. The van der Waals surface area contributed by atoms with Crippen LogP contribution < -0.4 is 5.73 Å². The van der Waals surface area contributed by atoms with E-state index < -0.39 is 11.9 Å². The summed E-state index contributed by atoms with van der Waals surface area (Å²) < 4.78 is 0. The normalized spacial score (nSPS) is 11.5. The first-order valence-electron chi connectivity index (χ1n) is 5.42. The van der Waals surface area contributed by atoms with E-state index in [9.17, 15) is 9.59 Å². The topological polar surface area (TPSA) is 80.4 Å². The van der Waals surface area contributed by atoms with E-state index in [1.165, 1.54) is 0 Å². The van der Waals surface area contributed by atoms with Gasteiger partial charge in [-0.05, 0) is 18.3 Å². The van der Waals surface area contributed by atoms with E-state index >= 15 is 0 Å². The molecule has 4 nitrogen and oxygen atoms in total. The monoisotopic (exact) mass is 217 g/mol. The average Bonchev–Trinajstić information content (AvgIpc) is 2.03. The third-order valence-corrected chi connectivity index (χ3v) is 1.76. The molecular weight excluding hydrogens is 194 g/mol. The molecule has 0 aromatic heterocycles. The van der Waals surface area contributed by atoms with Crippen molar-refractivity contribution in [2.45, 2.75) is 47.0 Å². The van der Waals surface area contributed by atoms with Crippen LogP contribution in [0.15, 0.2) is 0 Å². The fraction of sp³-hybridized carbons (Fsp3) is 0.818. The minimum absolute atomic E-state index is 0.0289. The lowest BCUT2D eigenvalue weighted by Gasteiger charge is -2.14. The minimum atomic E-state index is -0.869. The van der Waals surface area contributed by atoms with Crippen LogP contribution >= 0.6 is 0 Å². The van der Waals surface area contributed by atoms with Gasteiger partial charge in [0.15, 0.2) is 0 Å². The Bertz CT molecular complexity index is 174. The highest BCUT2D eigenvalue weighted by molar-refractivity contribution is 5.75. The van der Waals surface area contributed by atoms with Gasteiger partial charge in [-0.1, -0.05) is 27.7 Å². The molecule has 0 aromatic rings. The van der Waals surface area contributed by atoms with Gasteiger partial charge in [-0.2, -0.15) is 0 Å². The number of carboxylic acids is 1. The van der Waals surface area contributed by atoms with Gasteiger partial charge in [-0.25, -0.2) is 0 Å². The number of rotatable bonds is 6. The van der Waals surface area contributed by atoms with Gasteiger partial charge < -0.3 is 10.8 Å². The molecule has 0 aromatic carbocycles. The first kappa shape index (κ1) is 16.4. The predicted octanol–water partition coefficient (Wildman–Crippen LogP) is 2.02. The van der Waals surface area contributed by atoms with Gasteiger partial charge in [-0.3, -0.25) is 9.59 Å². The summed E-state index contributed by atoms with van der Waals surface area (Å²) in [5.41, 5.74) is 5.01. The zero-order valence-electron chi connectivity index (χ0n) is 10.1. The van der Waals surface area contributed by atoms with Crippen molar-refractivity contribution >= 4 is 11.9 Å². The number of amides is 1. The molecule has 0 aliphatic rings. The first-order valence-corrected chi connectivity index (χ1v) is 5.42. The van der Waals surface area contributed by atoms with Crippen LogP contribution in [0, 0.1) is 11.8 Å². The molecule has 4 heteroatoms. The van der Waals surface area contributed by atoms with Crippen molar-refractivity contribution in [1.29, 1.82) is 0 Å². The van der Waals surface area contributed by atoms with E-state index in [1.54, 1.807) is 0 Å². The second-order valence-electron chi connectivity index (χ2n) is 3.76. The number of carbonyl (C=O) groups is 2. The second kappa shape index (κ2) is 9.49.